The summed E-state index contributed by atoms with van der Waals surface area (Å²) in [6.45, 7) is 5.81. The summed E-state index contributed by atoms with van der Waals surface area (Å²) < 4.78 is 7.13. The fraction of sp³-hybridized carbons (Fsp3) is 0.136. The first-order valence-corrected chi connectivity index (χ1v) is 9.27. The van der Waals surface area contributed by atoms with Crippen molar-refractivity contribution in [1.82, 2.24) is 4.98 Å². The van der Waals surface area contributed by atoms with Crippen molar-refractivity contribution in [2.24, 2.45) is 0 Å². The minimum absolute atomic E-state index is 0.542. The zero-order chi connectivity index (χ0) is 18.2. The minimum atomic E-state index is 0.542. The summed E-state index contributed by atoms with van der Waals surface area (Å²) >= 11 is 3.57. The van der Waals surface area contributed by atoms with E-state index in [0.29, 0.717) is 19.7 Å². The van der Waals surface area contributed by atoms with Crippen LogP contribution in [-0.2, 0) is 13.2 Å². The molecule has 0 bridgehead atoms. The fourth-order valence-electron chi connectivity index (χ4n) is 2.69. The lowest BCUT2D eigenvalue weighted by Gasteiger charge is -2.23. The molecule has 1 aromatic heterocycles. The third kappa shape index (κ3) is 4.96. The lowest BCUT2D eigenvalue weighted by molar-refractivity contribution is 0.302. The van der Waals surface area contributed by atoms with Crippen LogP contribution in [0.5, 0.6) is 5.75 Å². The summed E-state index contributed by atoms with van der Waals surface area (Å²) in [5.41, 5.74) is 2.25. The molecule has 3 aromatic rings. The maximum atomic E-state index is 6.10. The molecule has 4 heteroatoms. The molecule has 0 atom stereocenters. The van der Waals surface area contributed by atoms with Crippen molar-refractivity contribution < 1.29 is 4.74 Å². The van der Waals surface area contributed by atoms with Gasteiger partial charge in [-0.15, -0.1) is 6.58 Å². The Hall–Kier alpha value is -2.59. The van der Waals surface area contributed by atoms with Gasteiger partial charge in [-0.05, 0) is 35.9 Å². The predicted octanol–water partition coefficient (Wildman–Crippen LogP) is 5.62. The number of pyridine rings is 1. The fourth-order valence-corrected chi connectivity index (χ4v) is 3.10. The van der Waals surface area contributed by atoms with Crippen LogP contribution in [0.2, 0.25) is 0 Å². The van der Waals surface area contributed by atoms with E-state index < -0.39 is 0 Å². The SMILES string of the molecule is C=CCN(Cc1cc(Br)ccc1OCc1ccccc1)c1ccccn1. The molecule has 3 rings (SSSR count). The van der Waals surface area contributed by atoms with Crippen LogP contribution in [0.3, 0.4) is 0 Å². The maximum Gasteiger partial charge on any atom is 0.129 e. The second-order valence-electron chi connectivity index (χ2n) is 5.88. The van der Waals surface area contributed by atoms with Gasteiger partial charge in [-0.3, -0.25) is 0 Å². The first-order chi connectivity index (χ1) is 12.8. The zero-order valence-electron chi connectivity index (χ0n) is 14.5. The van der Waals surface area contributed by atoms with Crippen molar-refractivity contribution in [1.29, 1.82) is 0 Å². The molecular weight excluding hydrogens is 388 g/mol. The van der Waals surface area contributed by atoms with Gasteiger partial charge in [0, 0.05) is 29.3 Å². The number of nitrogens with zero attached hydrogens (tertiary/aromatic N) is 2. The Morgan fingerprint density at radius 2 is 1.85 bits per heavy atom. The molecule has 1 heterocycles. The number of ether oxygens (including phenoxy) is 1. The van der Waals surface area contributed by atoms with Gasteiger partial charge < -0.3 is 9.64 Å². The van der Waals surface area contributed by atoms with Gasteiger partial charge in [0.1, 0.15) is 18.2 Å². The van der Waals surface area contributed by atoms with Crippen LogP contribution in [0, 0.1) is 0 Å². The Kier molecular flexibility index (Phi) is 6.45. The molecule has 26 heavy (non-hydrogen) atoms. The van der Waals surface area contributed by atoms with E-state index in [4.69, 9.17) is 4.74 Å². The number of rotatable bonds is 8. The Bertz CT molecular complexity index is 837. The molecule has 0 saturated heterocycles. The number of aromatic nitrogens is 1. The van der Waals surface area contributed by atoms with E-state index in [0.717, 1.165) is 27.2 Å². The van der Waals surface area contributed by atoms with Crippen LogP contribution < -0.4 is 9.64 Å². The number of halogens is 1. The van der Waals surface area contributed by atoms with E-state index in [9.17, 15) is 0 Å². The Morgan fingerprint density at radius 3 is 2.58 bits per heavy atom. The molecule has 0 aliphatic rings. The highest BCUT2D eigenvalue weighted by molar-refractivity contribution is 9.10. The van der Waals surface area contributed by atoms with Gasteiger partial charge in [0.15, 0.2) is 0 Å². The highest BCUT2D eigenvalue weighted by Gasteiger charge is 2.12. The molecule has 0 spiro atoms. The molecule has 0 N–H and O–H groups in total. The second kappa shape index (κ2) is 9.20. The van der Waals surface area contributed by atoms with Crippen molar-refractivity contribution in [3.63, 3.8) is 0 Å². The molecule has 0 amide bonds. The van der Waals surface area contributed by atoms with Crippen molar-refractivity contribution in [3.05, 3.63) is 101 Å². The summed E-state index contributed by atoms with van der Waals surface area (Å²) in [5.74, 6) is 1.79. The average molecular weight is 409 g/mol. The van der Waals surface area contributed by atoms with E-state index >= 15 is 0 Å². The van der Waals surface area contributed by atoms with Crippen LogP contribution in [0.4, 0.5) is 5.82 Å². The first kappa shape index (κ1) is 18.2. The molecule has 2 aromatic carbocycles. The van der Waals surface area contributed by atoms with Crippen LogP contribution >= 0.6 is 15.9 Å². The van der Waals surface area contributed by atoms with Crippen LogP contribution in [-0.4, -0.2) is 11.5 Å². The van der Waals surface area contributed by atoms with Crippen molar-refractivity contribution in [3.8, 4) is 5.75 Å². The zero-order valence-corrected chi connectivity index (χ0v) is 16.1. The van der Waals surface area contributed by atoms with Gasteiger partial charge >= 0.3 is 0 Å². The number of benzene rings is 2. The van der Waals surface area contributed by atoms with Gasteiger partial charge in [-0.25, -0.2) is 4.98 Å². The molecule has 132 valence electrons. The third-order valence-corrected chi connectivity index (χ3v) is 4.44. The Labute approximate surface area is 163 Å². The molecule has 0 radical (unpaired) electrons. The molecule has 0 fully saturated rings. The highest BCUT2D eigenvalue weighted by Crippen LogP contribution is 2.27. The lowest BCUT2D eigenvalue weighted by atomic mass is 10.1. The second-order valence-corrected chi connectivity index (χ2v) is 6.80. The molecule has 3 nitrogen and oxygen atoms in total. The van der Waals surface area contributed by atoms with E-state index in [1.165, 1.54) is 0 Å². The molecule has 0 saturated carbocycles. The first-order valence-electron chi connectivity index (χ1n) is 8.48. The molecule has 0 aliphatic carbocycles. The summed E-state index contributed by atoms with van der Waals surface area (Å²) in [5, 5.41) is 0. The van der Waals surface area contributed by atoms with E-state index in [1.807, 2.05) is 54.6 Å². The minimum Gasteiger partial charge on any atom is -0.489 e. The maximum absolute atomic E-state index is 6.10. The van der Waals surface area contributed by atoms with Crippen molar-refractivity contribution in [2.75, 3.05) is 11.4 Å². The van der Waals surface area contributed by atoms with Crippen LogP contribution in [0.15, 0.2) is 90.1 Å². The van der Waals surface area contributed by atoms with Gasteiger partial charge in [0.25, 0.3) is 0 Å². The number of hydrogen-bond donors (Lipinski definition) is 0. The monoisotopic (exact) mass is 408 g/mol. The lowest BCUT2D eigenvalue weighted by Crippen LogP contribution is -2.23. The molecule has 0 aliphatic heterocycles. The largest absolute Gasteiger partial charge is 0.489 e. The number of hydrogen-bond acceptors (Lipinski definition) is 3. The van der Waals surface area contributed by atoms with Gasteiger partial charge in [0.05, 0.1) is 0 Å². The summed E-state index contributed by atoms with van der Waals surface area (Å²) in [6.07, 6.45) is 3.69. The Balaban J connectivity index is 1.81. The Morgan fingerprint density at radius 1 is 1.04 bits per heavy atom. The summed E-state index contributed by atoms with van der Waals surface area (Å²) in [4.78, 5) is 6.64. The molecule has 0 unspecified atom stereocenters. The van der Waals surface area contributed by atoms with Crippen LogP contribution in [0.25, 0.3) is 0 Å². The third-order valence-electron chi connectivity index (χ3n) is 3.94. The standard InChI is InChI=1S/C22H21BrN2O/c1-2-14-25(22-10-6-7-13-24-22)16-19-15-20(23)11-12-21(19)26-17-18-8-4-3-5-9-18/h2-13,15H,1,14,16-17H2. The van der Waals surface area contributed by atoms with E-state index in [1.54, 1.807) is 6.20 Å². The van der Waals surface area contributed by atoms with E-state index in [2.05, 4.69) is 50.6 Å². The highest BCUT2D eigenvalue weighted by atomic mass is 79.9. The average Bonchev–Trinajstić information content (AvgIpc) is 2.68. The number of anilines is 1. The summed E-state index contributed by atoms with van der Waals surface area (Å²) in [7, 11) is 0. The van der Waals surface area contributed by atoms with Gasteiger partial charge in [-0.1, -0.05) is 58.4 Å². The smallest absolute Gasteiger partial charge is 0.129 e. The quantitative estimate of drug-likeness (QED) is 0.452. The predicted molar refractivity (Wildman–Crippen MR) is 110 cm³/mol. The topological polar surface area (TPSA) is 25.4 Å². The van der Waals surface area contributed by atoms with Gasteiger partial charge in [0.2, 0.25) is 0 Å². The van der Waals surface area contributed by atoms with Crippen molar-refractivity contribution in [2.45, 2.75) is 13.2 Å². The summed E-state index contributed by atoms with van der Waals surface area (Å²) in [6, 6.07) is 22.2. The van der Waals surface area contributed by atoms with Crippen LogP contribution in [0.1, 0.15) is 11.1 Å². The van der Waals surface area contributed by atoms with E-state index in [-0.39, 0.29) is 0 Å². The van der Waals surface area contributed by atoms with Crippen molar-refractivity contribution >= 4 is 21.7 Å². The molecular formula is C22H21BrN2O. The van der Waals surface area contributed by atoms with Gasteiger partial charge in [-0.2, -0.15) is 0 Å². The normalized spacial score (nSPS) is 10.3.